The van der Waals surface area contributed by atoms with Crippen LogP contribution in [0.1, 0.15) is 48.4 Å². The minimum Gasteiger partial charge on any atom is -0.465 e. The minimum absolute atomic E-state index is 0.329. The van der Waals surface area contributed by atoms with E-state index in [4.69, 9.17) is 0 Å². The van der Waals surface area contributed by atoms with Crippen LogP contribution in [0.3, 0.4) is 0 Å². The Hall–Kier alpha value is -1.88. The monoisotopic (exact) mass is 324 g/mol. The maximum absolute atomic E-state index is 11.1. The number of quaternary nitrogens is 1. The number of hydrogen-bond acceptors (Lipinski definition) is 4. The molecule has 5 nitrogen and oxygen atoms in total. The van der Waals surface area contributed by atoms with Crippen molar-refractivity contribution in [2.75, 3.05) is 40.4 Å². The van der Waals surface area contributed by atoms with Gasteiger partial charge in [-0.2, -0.15) is 0 Å². The normalized spacial score (nSPS) is 10.3. The third-order valence-corrected chi connectivity index (χ3v) is 4.39. The summed E-state index contributed by atoms with van der Waals surface area (Å²) in [7, 11) is 2.57. The van der Waals surface area contributed by atoms with E-state index in [0.717, 1.165) is 0 Å². The molecule has 23 heavy (non-hydrogen) atoms. The average molecular weight is 324 g/mol. The van der Waals surface area contributed by atoms with E-state index in [9.17, 15) is 9.59 Å². The van der Waals surface area contributed by atoms with Crippen LogP contribution in [0.4, 0.5) is 0 Å². The van der Waals surface area contributed by atoms with Gasteiger partial charge >= 0.3 is 11.9 Å². The van der Waals surface area contributed by atoms with Crippen molar-refractivity contribution in [3.8, 4) is 0 Å². The highest BCUT2D eigenvalue weighted by Crippen LogP contribution is 2.07. The van der Waals surface area contributed by atoms with Crippen molar-refractivity contribution in [2.24, 2.45) is 0 Å². The van der Waals surface area contributed by atoms with Crippen molar-refractivity contribution >= 4 is 11.9 Å². The lowest BCUT2D eigenvalue weighted by Crippen LogP contribution is -2.47. The number of nitrogens with zero attached hydrogens (tertiary/aromatic N) is 1. The van der Waals surface area contributed by atoms with Gasteiger partial charge in [0, 0.05) is 0 Å². The number of methoxy groups -OCH3 is 2. The fourth-order valence-corrected chi connectivity index (χ4v) is 2.35. The minimum atomic E-state index is -0.476. The Morgan fingerprint density at radius 1 is 0.826 bits per heavy atom. The molecule has 0 heterocycles. The molecule has 5 heteroatoms. The number of esters is 2. The maximum Gasteiger partial charge on any atom is 0.337 e. The van der Waals surface area contributed by atoms with E-state index in [1.165, 1.54) is 50.9 Å². The highest BCUT2D eigenvalue weighted by Gasteiger charge is 2.16. The molecule has 0 saturated carbocycles. The summed E-state index contributed by atoms with van der Waals surface area (Å²) in [6.45, 7) is 14.2. The average Bonchev–Trinajstić information content (AvgIpc) is 2.63. The summed E-state index contributed by atoms with van der Waals surface area (Å²) in [6.07, 6.45) is 0. The summed E-state index contributed by atoms with van der Waals surface area (Å²) in [6, 6.07) is 6.16. The molecule has 0 aliphatic rings. The van der Waals surface area contributed by atoms with Gasteiger partial charge in [-0.05, 0) is 45.9 Å². The third-order valence-electron chi connectivity index (χ3n) is 4.39. The van der Waals surface area contributed by atoms with E-state index in [1.54, 1.807) is 18.2 Å². The lowest BCUT2D eigenvalue weighted by molar-refractivity contribution is -0.921. The predicted octanol–water partition coefficient (Wildman–Crippen LogP) is 3.14. The summed E-state index contributed by atoms with van der Waals surface area (Å²) in [5.41, 5.74) is 0.658. The quantitative estimate of drug-likeness (QED) is 0.596. The van der Waals surface area contributed by atoms with E-state index in [0.29, 0.717) is 11.1 Å². The molecular weight excluding hydrogens is 294 g/mol. The molecular formula is C18H30NO4+. The SMILES string of the molecule is CC[N+](CC)(CC)CC.COC(=O)c1cccc(C(=O)OC)c1. The third kappa shape index (κ3) is 6.40. The molecule has 1 aromatic rings. The first-order chi connectivity index (χ1) is 10.9. The molecule has 130 valence electrons. The Balaban J connectivity index is 0.000000468. The molecule has 0 atom stereocenters. The Bertz CT molecular complexity index is 447. The lowest BCUT2D eigenvalue weighted by atomic mass is 10.1. The van der Waals surface area contributed by atoms with Gasteiger partial charge in [-0.15, -0.1) is 0 Å². The topological polar surface area (TPSA) is 52.6 Å². The van der Waals surface area contributed by atoms with E-state index >= 15 is 0 Å². The van der Waals surface area contributed by atoms with Gasteiger partial charge in [0.05, 0.1) is 51.5 Å². The number of benzene rings is 1. The zero-order valence-electron chi connectivity index (χ0n) is 15.2. The van der Waals surface area contributed by atoms with Crippen LogP contribution in [0.2, 0.25) is 0 Å². The highest BCUT2D eigenvalue weighted by molar-refractivity contribution is 5.95. The molecule has 0 aromatic heterocycles. The molecule has 1 rings (SSSR count). The van der Waals surface area contributed by atoms with Gasteiger partial charge in [0.2, 0.25) is 0 Å². The Morgan fingerprint density at radius 3 is 1.39 bits per heavy atom. The van der Waals surface area contributed by atoms with Crippen LogP contribution in [0, 0.1) is 0 Å². The molecule has 0 aliphatic carbocycles. The largest absolute Gasteiger partial charge is 0.465 e. The van der Waals surface area contributed by atoms with Crippen molar-refractivity contribution < 1.29 is 23.5 Å². The first-order valence-electron chi connectivity index (χ1n) is 8.05. The standard InChI is InChI=1S/C10H10O4.C8H20N/c1-13-9(11)7-4-3-5-8(6-7)10(12)14-2;1-5-9(6-2,7-3)8-4/h3-6H,1-2H3;5-8H2,1-4H3/q;+1. The summed E-state index contributed by atoms with van der Waals surface area (Å²) in [5.74, 6) is -0.952. The first kappa shape index (κ1) is 21.1. The van der Waals surface area contributed by atoms with E-state index in [2.05, 4.69) is 37.2 Å². The van der Waals surface area contributed by atoms with Crippen LogP contribution in [0.15, 0.2) is 24.3 Å². The van der Waals surface area contributed by atoms with Crippen LogP contribution in [0.25, 0.3) is 0 Å². The fraction of sp³-hybridized carbons (Fsp3) is 0.556. The summed E-state index contributed by atoms with van der Waals surface area (Å²) in [4.78, 5) is 22.2. The van der Waals surface area contributed by atoms with Crippen LogP contribution in [-0.4, -0.2) is 56.8 Å². The molecule has 0 spiro atoms. The lowest BCUT2D eigenvalue weighted by Gasteiger charge is -2.34. The second-order valence-electron chi connectivity index (χ2n) is 5.17. The Morgan fingerprint density at radius 2 is 1.17 bits per heavy atom. The number of carbonyl (C=O) groups excluding carboxylic acids is 2. The van der Waals surface area contributed by atoms with Crippen LogP contribution in [-0.2, 0) is 9.47 Å². The number of hydrogen-bond donors (Lipinski definition) is 0. The molecule has 0 unspecified atom stereocenters. The molecule has 0 radical (unpaired) electrons. The van der Waals surface area contributed by atoms with Crippen LogP contribution in [0.5, 0.6) is 0 Å². The van der Waals surface area contributed by atoms with Gasteiger partial charge in [0.1, 0.15) is 0 Å². The summed E-state index contributed by atoms with van der Waals surface area (Å²) < 4.78 is 10.3. The van der Waals surface area contributed by atoms with Gasteiger partial charge in [-0.1, -0.05) is 6.07 Å². The van der Waals surface area contributed by atoms with Gasteiger partial charge in [0.15, 0.2) is 0 Å². The second-order valence-corrected chi connectivity index (χ2v) is 5.17. The molecule has 0 amide bonds. The number of carbonyl (C=O) groups is 2. The molecule has 0 saturated heterocycles. The van der Waals surface area contributed by atoms with Crippen molar-refractivity contribution in [3.63, 3.8) is 0 Å². The van der Waals surface area contributed by atoms with Gasteiger partial charge in [-0.3, -0.25) is 0 Å². The van der Waals surface area contributed by atoms with Crippen LogP contribution < -0.4 is 0 Å². The van der Waals surface area contributed by atoms with E-state index in [-0.39, 0.29) is 0 Å². The second kappa shape index (κ2) is 10.8. The maximum atomic E-state index is 11.1. The van der Waals surface area contributed by atoms with E-state index in [1.807, 2.05) is 0 Å². The molecule has 0 bridgehead atoms. The highest BCUT2D eigenvalue weighted by atomic mass is 16.5. The predicted molar refractivity (Wildman–Crippen MR) is 91.5 cm³/mol. The van der Waals surface area contributed by atoms with Crippen molar-refractivity contribution in [1.82, 2.24) is 0 Å². The van der Waals surface area contributed by atoms with E-state index < -0.39 is 11.9 Å². The van der Waals surface area contributed by atoms with Gasteiger partial charge < -0.3 is 14.0 Å². The fourth-order valence-electron chi connectivity index (χ4n) is 2.35. The smallest absolute Gasteiger partial charge is 0.337 e. The molecule has 0 fully saturated rings. The Labute approximate surface area is 139 Å². The van der Waals surface area contributed by atoms with Gasteiger partial charge in [0.25, 0.3) is 0 Å². The molecule has 0 N–H and O–H groups in total. The van der Waals surface area contributed by atoms with Crippen molar-refractivity contribution in [1.29, 1.82) is 0 Å². The van der Waals surface area contributed by atoms with Crippen molar-refractivity contribution in [2.45, 2.75) is 27.7 Å². The van der Waals surface area contributed by atoms with Crippen LogP contribution >= 0.6 is 0 Å². The zero-order valence-corrected chi connectivity index (χ0v) is 15.2. The Kier molecular flexibility index (Phi) is 9.90. The molecule has 1 aromatic carbocycles. The number of rotatable bonds is 6. The summed E-state index contributed by atoms with van der Waals surface area (Å²) >= 11 is 0. The van der Waals surface area contributed by atoms with Crippen molar-refractivity contribution in [3.05, 3.63) is 35.4 Å². The van der Waals surface area contributed by atoms with Gasteiger partial charge in [-0.25, -0.2) is 9.59 Å². The summed E-state index contributed by atoms with van der Waals surface area (Å²) in [5, 5.41) is 0. The first-order valence-corrected chi connectivity index (χ1v) is 8.05. The zero-order chi connectivity index (χ0) is 17.9. The molecule has 0 aliphatic heterocycles. The number of ether oxygens (including phenoxy) is 2.